The van der Waals surface area contributed by atoms with Crippen LogP contribution in [0, 0.1) is 5.82 Å². The fourth-order valence-corrected chi connectivity index (χ4v) is 3.40. The average molecular weight is 408 g/mol. The highest BCUT2D eigenvalue weighted by molar-refractivity contribution is 5.90. The van der Waals surface area contributed by atoms with E-state index in [9.17, 15) is 14.0 Å². The molecule has 2 aromatic carbocycles. The first kappa shape index (κ1) is 19.6. The van der Waals surface area contributed by atoms with Crippen molar-refractivity contribution >= 4 is 17.7 Å². The predicted octanol–water partition coefficient (Wildman–Crippen LogP) is 3.27. The van der Waals surface area contributed by atoms with Gasteiger partial charge in [0.15, 0.2) is 0 Å². The van der Waals surface area contributed by atoms with Crippen LogP contribution in [-0.2, 0) is 16.0 Å². The van der Waals surface area contributed by atoms with Crippen LogP contribution in [0.5, 0.6) is 0 Å². The minimum absolute atomic E-state index is 0.199. The highest BCUT2D eigenvalue weighted by Crippen LogP contribution is 2.29. The Hall–Kier alpha value is -3.68. The fourth-order valence-electron chi connectivity index (χ4n) is 3.40. The third-order valence-corrected chi connectivity index (χ3v) is 4.92. The zero-order chi connectivity index (χ0) is 21.1. The highest BCUT2D eigenvalue weighted by atomic mass is 19.1. The number of nitrogens with one attached hydrogen (secondary N) is 2. The summed E-state index contributed by atoms with van der Waals surface area (Å²) in [6.07, 6.45) is 3.16. The number of hydrogen-bond donors (Lipinski definition) is 2. The molecule has 1 unspecified atom stereocenters. The van der Waals surface area contributed by atoms with Crippen LogP contribution in [0.25, 0.3) is 11.1 Å². The molecular weight excluding hydrogens is 387 g/mol. The molecule has 8 heteroatoms. The lowest BCUT2D eigenvalue weighted by Crippen LogP contribution is -2.33. The van der Waals surface area contributed by atoms with Crippen LogP contribution < -0.4 is 10.2 Å². The van der Waals surface area contributed by atoms with Crippen LogP contribution in [0.1, 0.15) is 18.2 Å². The number of H-pyrrole nitrogens is 1. The lowest BCUT2D eigenvalue weighted by Gasteiger charge is -2.14. The van der Waals surface area contributed by atoms with Gasteiger partial charge in [0.2, 0.25) is 5.91 Å². The molecule has 0 spiro atoms. The molecule has 1 saturated heterocycles. The third-order valence-electron chi connectivity index (χ3n) is 4.92. The molecule has 30 heavy (non-hydrogen) atoms. The van der Waals surface area contributed by atoms with Crippen LogP contribution in [0.2, 0.25) is 0 Å². The first-order chi connectivity index (χ1) is 14.5. The number of cyclic esters (lactones) is 1. The number of amides is 2. The van der Waals surface area contributed by atoms with Gasteiger partial charge in [-0.1, -0.05) is 24.3 Å². The molecule has 1 fully saturated rings. The van der Waals surface area contributed by atoms with Gasteiger partial charge in [0, 0.05) is 25.1 Å². The van der Waals surface area contributed by atoms with Crippen molar-refractivity contribution in [2.24, 2.45) is 0 Å². The molecule has 0 aliphatic carbocycles. The Balaban J connectivity index is 1.47. The van der Waals surface area contributed by atoms with Crippen molar-refractivity contribution in [3.05, 3.63) is 72.1 Å². The molecule has 0 radical (unpaired) electrons. The van der Waals surface area contributed by atoms with Gasteiger partial charge in [-0.25, -0.2) is 14.2 Å². The molecule has 7 nitrogen and oxygen atoms in total. The third kappa shape index (κ3) is 4.32. The Morgan fingerprint density at radius 2 is 2.10 bits per heavy atom. The summed E-state index contributed by atoms with van der Waals surface area (Å²) >= 11 is 0. The summed E-state index contributed by atoms with van der Waals surface area (Å²) in [5, 5.41) is 2.62. The maximum atomic E-state index is 14.8. The number of carbonyl (C=O) groups is 2. The number of benzene rings is 2. The largest absolute Gasteiger partial charge is 0.442 e. The Kier molecular flexibility index (Phi) is 5.47. The summed E-state index contributed by atoms with van der Waals surface area (Å²) in [6, 6.07) is 12.3. The summed E-state index contributed by atoms with van der Waals surface area (Å²) in [4.78, 5) is 31.7. The van der Waals surface area contributed by atoms with E-state index in [2.05, 4.69) is 15.3 Å². The maximum Gasteiger partial charge on any atom is 0.414 e. The first-order valence-electron chi connectivity index (χ1n) is 9.58. The predicted molar refractivity (Wildman–Crippen MR) is 110 cm³/mol. The van der Waals surface area contributed by atoms with Gasteiger partial charge in [-0.2, -0.15) is 0 Å². The molecule has 4 rings (SSSR count). The van der Waals surface area contributed by atoms with Crippen molar-refractivity contribution in [2.75, 3.05) is 18.0 Å². The number of rotatable bonds is 6. The molecule has 1 aromatic heterocycles. The highest BCUT2D eigenvalue weighted by Gasteiger charge is 2.32. The zero-order valence-corrected chi connectivity index (χ0v) is 16.4. The molecule has 2 N–H and O–H groups in total. The molecule has 2 heterocycles. The number of anilines is 1. The van der Waals surface area contributed by atoms with Gasteiger partial charge < -0.3 is 15.0 Å². The summed E-state index contributed by atoms with van der Waals surface area (Å²) in [5.41, 5.74) is 3.63. The number of ether oxygens (including phenoxy) is 1. The zero-order valence-electron chi connectivity index (χ0n) is 16.4. The molecule has 3 aromatic rings. The minimum atomic E-state index is -0.555. The Morgan fingerprint density at radius 3 is 2.77 bits per heavy atom. The normalized spacial score (nSPS) is 15.9. The maximum absolute atomic E-state index is 14.8. The summed E-state index contributed by atoms with van der Waals surface area (Å²) < 4.78 is 20.1. The van der Waals surface area contributed by atoms with Crippen molar-refractivity contribution in [1.29, 1.82) is 0 Å². The Morgan fingerprint density at radius 1 is 1.30 bits per heavy atom. The number of nitrogens with zero attached hydrogens (tertiary/aromatic N) is 2. The summed E-state index contributed by atoms with van der Waals surface area (Å²) in [5.74, 6) is -0.624. The second kappa shape index (κ2) is 8.36. The van der Waals surface area contributed by atoms with E-state index in [4.69, 9.17) is 4.74 Å². The molecule has 0 saturated carbocycles. The fraction of sp³-hybridized carbons (Fsp3) is 0.227. The van der Waals surface area contributed by atoms with Crippen LogP contribution in [0.3, 0.4) is 0 Å². The smallest absolute Gasteiger partial charge is 0.414 e. The van der Waals surface area contributed by atoms with Crippen molar-refractivity contribution in [2.45, 2.75) is 19.4 Å². The Bertz CT molecular complexity index is 1050. The quantitative estimate of drug-likeness (QED) is 0.655. The van der Waals surface area contributed by atoms with E-state index >= 15 is 0 Å². The molecule has 2 amide bonds. The number of halogens is 1. The van der Waals surface area contributed by atoms with E-state index in [1.165, 1.54) is 17.9 Å². The number of carbonyl (C=O) groups excluding carboxylic acids is 2. The number of hydrogen-bond acceptors (Lipinski definition) is 4. The van der Waals surface area contributed by atoms with Crippen molar-refractivity contribution < 1.29 is 18.7 Å². The van der Waals surface area contributed by atoms with Crippen LogP contribution in [0.15, 0.2) is 55.0 Å². The number of aromatic amines is 1. The topological polar surface area (TPSA) is 87.3 Å². The monoisotopic (exact) mass is 408 g/mol. The Labute approximate surface area is 172 Å². The lowest BCUT2D eigenvalue weighted by molar-refractivity contribution is -0.119. The van der Waals surface area contributed by atoms with Gasteiger partial charge in [0.25, 0.3) is 0 Å². The van der Waals surface area contributed by atoms with E-state index in [0.29, 0.717) is 17.7 Å². The van der Waals surface area contributed by atoms with Gasteiger partial charge in [-0.3, -0.25) is 9.69 Å². The molecule has 154 valence electrons. The SMILES string of the molecule is CC(=O)NCC1CN(c2ccc(-c3ccc(Cc4c[nH]cn4)cc3)c(F)c2)C(=O)O1. The molecule has 1 atom stereocenters. The standard InChI is InChI=1S/C22H21FN4O3/c1-14(28)25-11-19-12-27(22(29)30-19)18-6-7-20(21(23)9-18)16-4-2-15(3-5-16)8-17-10-24-13-26-17/h2-7,9-10,13,19H,8,11-12H2,1H3,(H,24,26)(H,25,28). The van der Waals surface area contributed by atoms with Crippen LogP contribution >= 0.6 is 0 Å². The second-order valence-corrected chi connectivity index (χ2v) is 7.15. The number of imidazole rings is 1. The molecule has 1 aliphatic rings. The van der Waals surface area contributed by atoms with Crippen molar-refractivity contribution in [1.82, 2.24) is 15.3 Å². The van der Waals surface area contributed by atoms with E-state index in [-0.39, 0.29) is 19.0 Å². The van der Waals surface area contributed by atoms with E-state index < -0.39 is 18.0 Å². The average Bonchev–Trinajstić information content (AvgIpc) is 3.36. The van der Waals surface area contributed by atoms with Crippen molar-refractivity contribution in [3.8, 4) is 11.1 Å². The molecule has 0 bridgehead atoms. The van der Waals surface area contributed by atoms with E-state index in [1.807, 2.05) is 30.5 Å². The van der Waals surface area contributed by atoms with Crippen LogP contribution in [0.4, 0.5) is 14.9 Å². The summed E-state index contributed by atoms with van der Waals surface area (Å²) in [6.45, 7) is 1.87. The van der Waals surface area contributed by atoms with Gasteiger partial charge in [0.05, 0.1) is 30.8 Å². The summed E-state index contributed by atoms with van der Waals surface area (Å²) in [7, 11) is 0. The van der Waals surface area contributed by atoms with E-state index in [1.54, 1.807) is 18.5 Å². The minimum Gasteiger partial charge on any atom is -0.442 e. The van der Waals surface area contributed by atoms with Crippen molar-refractivity contribution in [3.63, 3.8) is 0 Å². The van der Waals surface area contributed by atoms with Gasteiger partial charge in [0.1, 0.15) is 11.9 Å². The molecule has 1 aliphatic heterocycles. The first-order valence-corrected chi connectivity index (χ1v) is 9.58. The van der Waals surface area contributed by atoms with Crippen LogP contribution in [-0.4, -0.2) is 41.2 Å². The second-order valence-electron chi connectivity index (χ2n) is 7.15. The van der Waals surface area contributed by atoms with Gasteiger partial charge >= 0.3 is 6.09 Å². The van der Waals surface area contributed by atoms with E-state index in [0.717, 1.165) is 16.8 Å². The van der Waals surface area contributed by atoms with Gasteiger partial charge in [-0.15, -0.1) is 0 Å². The van der Waals surface area contributed by atoms with Gasteiger partial charge in [-0.05, 0) is 29.3 Å². The molecular formula is C22H21FN4O3. The number of aromatic nitrogens is 2. The lowest BCUT2D eigenvalue weighted by atomic mass is 10.0.